The zero-order valence-electron chi connectivity index (χ0n) is 11.1. The van der Waals surface area contributed by atoms with Crippen molar-refractivity contribution in [1.29, 1.82) is 0 Å². The summed E-state index contributed by atoms with van der Waals surface area (Å²) in [6, 6.07) is 9.01. The first kappa shape index (κ1) is 11.7. The highest BCUT2D eigenvalue weighted by Crippen LogP contribution is 2.47. The molecule has 1 N–H and O–H groups in total. The second-order valence-electron chi connectivity index (χ2n) is 5.36. The van der Waals surface area contributed by atoms with Gasteiger partial charge in [-0.05, 0) is 35.8 Å². The van der Waals surface area contributed by atoms with E-state index in [1.165, 1.54) is 22.8 Å². The van der Waals surface area contributed by atoms with Crippen molar-refractivity contribution < 1.29 is 0 Å². The van der Waals surface area contributed by atoms with Gasteiger partial charge in [0, 0.05) is 23.8 Å². The standard InChI is InChI=1S/C16H20N2/c1-3-18-16(14-8-11(14)2)15-10-17-9-12-6-4-5-7-13(12)15/h4-7,9-11,14,16,18H,3,8H2,1-2H3. The van der Waals surface area contributed by atoms with Crippen LogP contribution in [0.5, 0.6) is 0 Å². The van der Waals surface area contributed by atoms with E-state index in [1.54, 1.807) is 0 Å². The third-order valence-electron chi connectivity index (χ3n) is 4.06. The first-order valence-corrected chi connectivity index (χ1v) is 6.87. The minimum Gasteiger partial charge on any atom is -0.310 e. The lowest BCUT2D eigenvalue weighted by Crippen LogP contribution is -2.23. The molecule has 0 saturated heterocycles. The minimum absolute atomic E-state index is 0.462. The van der Waals surface area contributed by atoms with Crippen LogP contribution in [0.15, 0.2) is 36.7 Å². The van der Waals surface area contributed by atoms with Crippen molar-refractivity contribution in [3.05, 3.63) is 42.2 Å². The van der Waals surface area contributed by atoms with Gasteiger partial charge < -0.3 is 5.32 Å². The second kappa shape index (κ2) is 4.69. The van der Waals surface area contributed by atoms with Crippen LogP contribution in [0.4, 0.5) is 0 Å². The summed E-state index contributed by atoms with van der Waals surface area (Å²) >= 11 is 0. The molecule has 2 heteroatoms. The summed E-state index contributed by atoms with van der Waals surface area (Å²) in [6.07, 6.45) is 5.33. The minimum atomic E-state index is 0.462. The van der Waals surface area contributed by atoms with Gasteiger partial charge in [-0.2, -0.15) is 0 Å². The molecule has 3 atom stereocenters. The Morgan fingerprint density at radius 2 is 2.11 bits per heavy atom. The highest BCUT2D eigenvalue weighted by atomic mass is 14.9. The van der Waals surface area contributed by atoms with Gasteiger partial charge in [-0.3, -0.25) is 4.98 Å². The van der Waals surface area contributed by atoms with Gasteiger partial charge in [0.15, 0.2) is 0 Å². The maximum Gasteiger partial charge on any atom is 0.0372 e. The van der Waals surface area contributed by atoms with E-state index in [-0.39, 0.29) is 0 Å². The van der Waals surface area contributed by atoms with E-state index in [0.29, 0.717) is 6.04 Å². The molecule has 3 unspecified atom stereocenters. The topological polar surface area (TPSA) is 24.9 Å². The lowest BCUT2D eigenvalue weighted by atomic mass is 9.97. The van der Waals surface area contributed by atoms with Crippen LogP contribution in [-0.2, 0) is 0 Å². The number of aromatic nitrogens is 1. The number of rotatable bonds is 4. The molecule has 1 aromatic carbocycles. The van der Waals surface area contributed by atoms with Crippen LogP contribution >= 0.6 is 0 Å². The summed E-state index contributed by atoms with van der Waals surface area (Å²) in [4.78, 5) is 4.41. The largest absolute Gasteiger partial charge is 0.310 e. The molecule has 1 fully saturated rings. The van der Waals surface area contributed by atoms with Gasteiger partial charge in [-0.25, -0.2) is 0 Å². The predicted octanol–water partition coefficient (Wildman–Crippen LogP) is 3.54. The van der Waals surface area contributed by atoms with Gasteiger partial charge in [0.25, 0.3) is 0 Å². The van der Waals surface area contributed by atoms with E-state index in [2.05, 4.69) is 48.4 Å². The van der Waals surface area contributed by atoms with Crippen molar-refractivity contribution in [2.45, 2.75) is 26.3 Å². The van der Waals surface area contributed by atoms with E-state index >= 15 is 0 Å². The number of nitrogens with one attached hydrogen (secondary N) is 1. The van der Waals surface area contributed by atoms with Gasteiger partial charge in [0.1, 0.15) is 0 Å². The molecular formula is C16H20N2. The lowest BCUT2D eigenvalue weighted by Gasteiger charge is -2.19. The molecule has 18 heavy (non-hydrogen) atoms. The molecule has 0 radical (unpaired) electrons. The number of nitrogens with zero attached hydrogens (tertiary/aromatic N) is 1. The third kappa shape index (κ3) is 2.01. The summed E-state index contributed by atoms with van der Waals surface area (Å²) in [5.74, 6) is 1.62. The molecule has 1 heterocycles. The number of hydrogen-bond donors (Lipinski definition) is 1. The molecule has 0 aliphatic heterocycles. The Balaban J connectivity index is 2.05. The molecule has 1 saturated carbocycles. The van der Waals surface area contributed by atoms with Crippen LogP contribution in [0.2, 0.25) is 0 Å². The van der Waals surface area contributed by atoms with Crippen LogP contribution in [0.1, 0.15) is 31.9 Å². The van der Waals surface area contributed by atoms with Crippen LogP contribution in [0.3, 0.4) is 0 Å². The van der Waals surface area contributed by atoms with E-state index in [1.807, 2.05) is 12.4 Å². The lowest BCUT2D eigenvalue weighted by molar-refractivity contribution is 0.477. The summed E-state index contributed by atoms with van der Waals surface area (Å²) in [5, 5.41) is 6.23. The van der Waals surface area contributed by atoms with Crippen molar-refractivity contribution in [2.75, 3.05) is 6.54 Å². The Morgan fingerprint density at radius 3 is 2.83 bits per heavy atom. The number of benzene rings is 1. The maximum atomic E-state index is 4.41. The van der Waals surface area contributed by atoms with Crippen LogP contribution < -0.4 is 5.32 Å². The number of pyridine rings is 1. The van der Waals surface area contributed by atoms with Crippen molar-refractivity contribution >= 4 is 10.8 Å². The van der Waals surface area contributed by atoms with E-state index in [0.717, 1.165) is 18.4 Å². The first-order chi connectivity index (χ1) is 8.81. The highest BCUT2D eigenvalue weighted by Gasteiger charge is 2.40. The Bertz CT molecular complexity index is 544. The zero-order chi connectivity index (χ0) is 12.5. The Labute approximate surface area is 108 Å². The maximum absolute atomic E-state index is 4.41. The monoisotopic (exact) mass is 240 g/mol. The van der Waals surface area contributed by atoms with Crippen LogP contribution in [-0.4, -0.2) is 11.5 Å². The highest BCUT2D eigenvalue weighted by molar-refractivity contribution is 5.85. The molecule has 3 rings (SSSR count). The molecule has 94 valence electrons. The van der Waals surface area contributed by atoms with Crippen molar-refractivity contribution in [3.8, 4) is 0 Å². The first-order valence-electron chi connectivity index (χ1n) is 6.87. The van der Waals surface area contributed by atoms with Gasteiger partial charge in [0.05, 0.1) is 0 Å². The molecule has 0 bridgehead atoms. The summed E-state index contributed by atoms with van der Waals surface area (Å²) in [7, 11) is 0. The SMILES string of the molecule is CCNC(c1cncc2ccccc12)C1CC1C. The molecule has 1 aromatic heterocycles. The van der Waals surface area contributed by atoms with Gasteiger partial charge >= 0.3 is 0 Å². The Morgan fingerprint density at radius 1 is 1.33 bits per heavy atom. The molecular weight excluding hydrogens is 220 g/mol. The second-order valence-corrected chi connectivity index (χ2v) is 5.36. The van der Waals surface area contributed by atoms with Crippen LogP contribution in [0.25, 0.3) is 10.8 Å². The van der Waals surface area contributed by atoms with Crippen molar-refractivity contribution in [3.63, 3.8) is 0 Å². The molecule has 1 aliphatic carbocycles. The Kier molecular flexibility index (Phi) is 3.04. The van der Waals surface area contributed by atoms with Gasteiger partial charge in [-0.1, -0.05) is 38.1 Å². The summed E-state index contributed by atoms with van der Waals surface area (Å²) in [6.45, 7) is 5.53. The fourth-order valence-corrected chi connectivity index (χ4v) is 2.91. The average molecular weight is 240 g/mol. The van der Waals surface area contributed by atoms with Gasteiger partial charge in [-0.15, -0.1) is 0 Å². The molecule has 1 aliphatic rings. The Hall–Kier alpha value is -1.41. The van der Waals surface area contributed by atoms with E-state index in [4.69, 9.17) is 0 Å². The van der Waals surface area contributed by atoms with Crippen LogP contribution in [0, 0.1) is 11.8 Å². The summed E-state index contributed by atoms with van der Waals surface area (Å²) < 4.78 is 0. The van der Waals surface area contributed by atoms with Crippen molar-refractivity contribution in [1.82, 2.24) is 10.3 Å². The van der Waals surface area contributed by atoms with E-state index in [9.17, 15) is 0 Å². The third-order valence-corrected chi connectivity index (χ3v) is 4.06. The fraction of sp³-hybridized carbons (Fsp3) is 0.438. The molecule has 0 amide bonds. The molecule has 0 spiro atoms. The predicted molar refractivity (Wildman–Crippen MR) is 75.4 cm³/mol. The smallest absolute Gasteiger partial charge is 0.0372 e. The molecule has 2 nitrogen and oxygen atoms in total. The van der Waals surface area contributed by atoms with E-state index < -0.39 is 0 Å². The number of fused-ring (bicyclic) bond motifs is 1. The summed E-state index contributed by atoms with van der Waals surface area (Å²) in [5.41, 5.74) is 1.37. The van der Waals surface area contributed by atoms with Crippen molar-refractivity contribution in [2.24, 2.45) is 11.8 Å². The fourth-order valence-electron chi connectivity index (χ4n) is 2.91. The molecule has 2 aromatic rings. The quantitative estimate of drug-likeness (QED) is 0.884. The number of hydrogen-bond acceptors (Lipinski definition) is 2. The van der Waals surface area contributed by atoms with Gasteiger partial charge in [0.2, 0.25) is 0 Å². The average Bonchev–Trinajstić information content (AvgIpc) is 3.12. The zero-order valence-corrected chi connectivity index (χ0v) is 11.1. The normalized spacial score (nSPS) is 24.1.